The number of nitrogens with two attached hydrogens (primary N) is 1. The maximum Gasteiger partial charge on any atom is 0.317 e. The number of Topliss-reactive ketones (excluding diaryl/α,β-unsaturated/α-hetero) is 1. The lowest BCUT2D eigenvalue weighted by Gasteiger charge is -2.10. The lowest BCUT2D eigenvalue weighted by Crippen LogP contribution is -2.37. The van der Waals surface area contributed by atoms with Gasteiger partial charge in [0.2, 0.25) is 5.78 Å². The molecule has 0 atom stereocenters. The van der Waals surface area contributed by atoms with Crippen LogP contribution >= 0.6 is 0 Å². The van der Waals surface area contributed by atoms with E-state index >= 15 is 0 Å². The van der Waals surface area contributed by atoms with E-state index in [0.717, 1.165) is 12.8 Å². The van der Waals surface area contributed by atoms with Crippen LogP contribution in [0.15, 0.2) is 0 Å². The van der Waals surface area contributed by atoms with Gasteiger partial charge < -0.3 is 5.73 Å². The molecule has 0 aliphatic heterocycles. The van der Waals surface area contributed by atoms with Gasteiger partial charge in [-0.25, -0.2) is 0 Å². The van der Waals surface area contributed by atoms with Crippen molar-refractivity contribution in [2.24, 2.45) is 11.7 Å². The van der Waals surface area contributed by atoms with E-state index in [1.165, 1.54) is 0 Å². The van der Waals surface area contributed by atoms with Crippen LogP contribution in [0.3, 0.4) is 0 Å². The van der Waals surface area contributed by atoms with Crippen molar-refractivity contribution in [3.63, 3.8) is 0 Å². The molecule has 0 unspecified atom stereocenters. The van der Waals surface area contributed by atoms with Crippen LogP contribution in [-0.4, -0.2) is 18.3 Å². The van der Waals surface area contributed by atoms with Crippen LogP contribution in [0.5, 0.6) is 0 Å². The van der Waals surface area contributed by atoms with Gasteiger partial charge in [-0.2, -0.15) is 8.78 Å². The first-order valence-electron chi connectivity index (χ1n) is 3.67. The highest BCUT2D eigenvalue weighted by atomic mass is 19.3. The van der Waals surface area contributed by atoms with Crippen molar-refractivity contribution in [2.75, 3.05) is 6.54 Å². The minimum absolute atomic E-state index is 0.00417. The number of ketones is 1. The Morgan fingerprint density at radius 3 is 2.45 bits per heavy atom. The summed E-state index contributed by atoms with van der Waals surface area (Å²) in [6.45, 7) is -0.863. The molecule has 0 amide bonds. The van der Waals surface area contributed by atoms with E-state index in [-0.39, 0.29) is 12.3 Å². The van der Waals surface area contributed by atoms with E-state index in [1.54, 1.807) is 0 Å². The number of hydrogen-bond acceptors (Lipinski definition) is 2. The Morgan fingerprint density at radius 1 is 1.55 bits per heavy atom. The first-order valence-corrected chi connectivity index (χ1v) is 3.67. The van der Waals surface area contributed by atoms with Gasteiger partial charge in [0, 0.05) is 6.42 Å². The maximum atomic E-state index is 12.5. The molecule has 4 heteroatoms. The molecule has 1 aliphatic rings. The Hall–Kier alpha value is -0.510. The zero-order chi connectivity index (χ0) is 8.48. The lowest BCUT2D eigenvalue weighted by molar-refractivity contribution is -0.142. The summed E-state index contributed by atoms with van der Waals surface area (Å²) in [5.74, 6) is -4.08. The molecule has 1 fully saturated rings. The number of alkyl halides is 2. The monoisotopic (exact) mass is 163 g/mol. The largest absolute Gasteiger partial charge is 0.325 e. The first-order chi connectivity index (χ1) is 5.06. The van der Waals surface area contributed by atoms with Gasteiger partial charge in [-0.05, 0) is 18.8 Å². The van der Waals surface area contributed by atoms with Crippen molar-refractivity contribution in [3.8, 4) is 0 Å². The average Bonchev–Trinajstić information content (AvgIpc) is 2.72. The van der Waals surface area contributed by atoms with Crippen molar-refractivity contribution in [2.45, 2.75) is 25.2 Å². The molecule has 1 aliphatic carbocycles. The molecule has 0 spiro atoms. The molecule has 1 saturated carbocycles. The van der Waals surface area contributed by atoms with E-state index in [4.69, 9.17) is 5.73 Å². The molecule has 1 rings (SSSR count). The third kappa shape index (κ3) is 2.22. The van der Waals surface area contributed by atoms with Crippen molar-refractivity contribution in [1.82, 2.24) is 0 Å². The van der Waals surface area contributed by atoms with Crippen LogP contribution < -0.4 is 5.73 Å². The third-order valence-electron chi connectivity index (χ3n) is 1.84. The normalized spacial score (nSPS) is 18.5. The van der Waals surface area contributed by atoms with Crippen LogP contribution in [-0.2, 0) is 4.79 Å². The highest BCUT2D eigenvalue weighted by Gasteiger charge is 2.39. The van der Waals surface area contributed by atoms with Gasteiger partial charge in [-0.15, -0.1) is 0 Å². The molecule has 0 radical (unpaired) electrons. The van der Waals surface area contributed by atoms with E-state index < -0.39 is 18.3 Å². The Bertz CT molecular complexity index is 166. The van der Waals surface area contributed by atoms with E-state index in [1.807, 2.05) is 0 Å². The highest BCUT2D eigenvalue weighted by Crippen LogP contribution is 2.34. The predicted octanol–water partition coefficient (Wildman–Crippen LogP) is 0.950. The summed E-state index contributed by atoms with van der Waals surface area (Å²) in [6, 6.07) is 0. The van der Waals surface area contributed by atoms with E-state index in [9.17, 15) is 13.6 Å². The zero-order valence-corrected chi connectivity index (χ0v) is 6.15. The Balaban J connectivity index is 2.37. The third-order valence-corrected chi connectivity index (χ3v) is 1.84. The molecule has 2 nitrogen and oxygen atoms in total. The van der Waals surface area contributed by atoms with Crippen molar-refractivity contribution in [3.05, 3.63) is 0 Å². The number of carbonyl (C=O) groups is 1. The molecule has 64 valence electrons. The molecule has 0 aromatic carbocycles. The fourth-order valence-corrected chi connectivity index (χ4v) is 0.847. The Labute approximate surface area is 63.8 Å². The molecular formula is C7H11F2NO. The lowest BCUT2D eigenvalue weighted by atomic mass is 10.1. The number of rotatable bonds is 4. The van der Waals surface area contributed by atoms with E-state index in [0.29, 0.717) is 0 Å². The fraction of sp³-hybridized carbons (Fsp3) is 0.857. The molecule has 0 bridgehead atoms. The molecule has 0 saturated heterocycles. The molecule has 2 N–H and O–H groups in total. The van der Waals surface area contributed by atoms with Crippen molar-refractivity contribution >= 4 is 5.78 Å². The second-order valence-electron chi connectivity index (χ2n) is 2.98. The molecule has 11 heavy (non-hydrogen) atoms. The van der Waals surface area contributed by atoms with Crippen LogP contribution in [0.25, 0.3) is 0 Å². The van der Waals surface area contributed by atoms with Crippen LogP contribution in [0, 0.1) is 5.92 Å². The average molecular weight is 163 g/mol. The van der Waals surface area contributed by atoms with Gasteiger partial charge in [0.1, 0.15) is 0 Å². The summed E-state index contributed by atoms with van der Waals surface area (Å²) in [6.07, 6.45) is 1.82. The van der Waals surface area contributed by atoms with Gasteiger partial charge in [-0.1, -0.05) is 0 Å². The fourth-order valence-electron chi connectivity index (χ4n) is 0.847. The summed E-state index contributed by atoms with van der Waals surface area (Å²) in [5.41, 5.74) is 4.73. The summed E-state index contributed by atoms with van der Waals surface area (Å²) >= 11 is 0. The van der Waals surface area contributed by atoms with Gasteiger partial charge >= 0.3 is 5.92 Å². The molecule has 0 aromatic rings. The number of hydrogen-bond donors (Lipinski definition) is 1. The first kappa shape index (κ1) is 8.59. The zero-order valence-electron chi connectivity index (χ0n) is 6.15. The quantitative estimate of drug-likeness (QED) is 0.670. The molecule has 0 aromatic heterocycles. The van der Waals surface area contributed by atoms with Gasteiger partial charge in [0.25, 0.3) is 0 Å². The highest BCUT2D eigenvalue weighted by molar-refractivity contribution is 5.86. The van der Waals surface area contributed by atoms with Gasteiger partial charge in [0.15, 0.2) is 0 Å². The maximum absolute atomic E-state index is 12.5. The van der Waals surface area contributed by atoms with E-state index in [2.05, 4.69) is 0 Å². The number of carbonyl (C=O) groups excluding carboxylic acids is 1. The van der Waals surface area contributed by atoms with Gasteiger partial charge in [-0.3, -0.25) is 4.79 Å². The smallest absolute Gasteiger partial charge is 0.317 e. The summed E-state index contributed by atoms with van der Waals surface area (Å²) in [4.78, 5) is 10.7. The SMILES string of the molecule is NCC(F)(F)C(=O)CC1CC1. The minimum atomic E-state index is -3.29. The second-order valence-corrected chi connectivity index (χ2v) is 2.98. The molecular weight excluding hydrogens is 152 g/mol. The summed E-state index contributed by atoms with van der Waals surface area (Å²) in [7, 11) is 0. The molecule has 0 heterocycles. The van der Waals surface area contributed by atoms with Crippen molar-refractivity contribution in [1.29, 1.82) is 0 Å². The van der Waals surface area contributed by atoms with Crippen LogP contribution in [0.2, 0.25) is 0 Å². The Kier molecular flexibility index (Phi) is 2.23. The minimum Gasteiger partial charge on any atom is -0.325 e. The van der Waals surface area contributed by atoms with Crippen molar-refractivity contribution < 1.29 is 13.6 Å². The van der Waals surface area contributed by atoms with Crippen LogP contribution in [0.4, 0.5) is 8.78 Å². The topological polar surface area (TPSA) is 43.1 Å². The van der Waals surface area contributed by atoms with Gasteiger partial charge in [0.05, 0.1) is 6.54 Å². The predicted molar refractivity (Wildman–Crippen MR) is 36.3 cm³/mol. The van der Waals surface area contributed by atoms with Crippen LogP contribution in [0.1, 0.15) is 19.3 Å². The summed E-state index contributed by atoms with van der Waals surface area (Å²) < 4.78 is 24.9. The second kappa shape index (κ2) is 2.85. The standard InChI is InChI=1S/C7H11F2NO/c8-7(9,4-10)6(11)3-5-1-2-5/h5H,1-4,10H2. The Morgan fingerprint density at radius 2 is 2.09 bits per heavy atom. The number of halogens is 2. The summed E-state index contributed by atoms with van der Waals surface area (Å²) in [5, 5.41) is 0.